The third-order valence-electron chi connectivity index (χ3n) is 3.72. The van der Waals surface area contributed by atoms with Crippen molar-refractivity contribution in [1.82, 2.24) is 0 Å². The number of hydrogen-bond donors (Lipinski definition) is 1. The van der Waals surface area contributed by atoms with Gasteiger partial charge in [0.2, 0.25) is 0 Å². The Bertz CT molecular complexity index is 815. The number of para-hydroxylation sites is 1. The fourth-order valence-corrected chi connectivity index (χ4v) is 2.65. The third-order valence-corrected chi connectivity index (χ3v) is 4.04. The summed E-state index contributed by atoms with van der Waals surface area (Å²) in [6.07, 6.45) is 0. The maximum Gasteiger partial charge on any atom is 0.341 e. The smallest absolute Gasteiger partial charge is 0.341 e. The van der Waals surface area contributed by atoms with Crippen molar-refractivity contribution >= 4 is 29.2 Å². The van der Waals surface area contributed by atoms with E-state index < -0.39 is 5.97 Å². The van der Waals surface area contributed by atoms with E-state index in [0.717, 1.165) is 11.1 Å². The second kappa shape index (κ2) is 8.58. The average Bonchev–Trinajstić information content (AvgIpc) is 2.62. The minimum atomic E-state index is -0.583. The quantitative estimate of drug-likeness (QED) is 0.776. The van der Waals surface area contributed by atoms with E-state index in [1.165, 1.54) is 26.4 Å². The first-order valence-electron chi connectivity index (χ1n) is 7.82. The summed E-state index contributed by atoms with van der Waals surface area (Å²) in [6.45, 7) is 3.64. The van der Waals surface area contributed by atoms with Gasteiger partial charge in [0.1, 0.15) is 17.1 Å². The molecule has 6 nitrogen and oxygen atoms in total. The van der Waals surface area contributed by atoms with Crippen LogP contribution >= 0.6 is 11.6 Å². The lowest BCUT2D eigenvalue weighted by atomic mass is 10.1. The average molecular weight is 378 g/mol. The van der Waals surface area contributed by atoms with Gasteiger partial charge in [-0.25, -0.2) is 4.79 Å². The van der Waals surface area contributed by atoms with E-state index in [2.05, 4.69) is 10.1 Å². The lowest BCUT2D eigenvalue weighted by Gasteiger charge is -2.14. The van der Waals surface area contributed by atoms with Crippen LogP contribution in [0, 0.1) is 13.8 Å². The standard InChI is InChI=1S/C19H20ClNO5/c1-11-6-5-7-12(2)18(11)26-10-17(22)21-15-9-16(24-3)13(8-14(15)20)19(23)25-4/h5-9H,10H2,1-4H3,(H,21,22). The molecule has 0 aliphatic carbocycles. The molecular formula is C19H20ClNO5. The number of ether oxygens (including phenoxy) is 3. The molecule has 0 fully saturated rings. The third kappa shape index (κ3) is 4.46. The monoisotopic (exact) mass is 377 g/mol. The van der Waals surface area contributed by atoms with Gasteiger partial charge in [-0.2, -0.15) is 0 Å². The molecule has 7 heteroatoms. The molecule has 0 aliphatic heterocycles. The van der Waals surface area contributed by atoms with Gasteiger partial charge < -0.3 is 19.5 Å². The lowest BCUT2D eigenvalue weighted by Crippen LogP contribution is -2.21. The van der Waals surface area contributed by atoms with Gasteiger partial charge in [-0.15, -0.1) is 0 Å². The van der Waals surface area contributed by atoms with Crippen LogP contribution in [-0.2, 0) is 9.53 Å². The summed E-state index contributed by atoms with van der Waals surface area (Å²) in [4.78, 5) is 23.9. The maximum atomic E-state index is 12.2. The highest BCUT2D eigenvalue weighted by molar-refractivity contribution is 6.34. The molecule has 0 radical (unpaired) electrons. The second-order valence-corrected chi connectivity index (χ2v) is 5.99. The van der Waals surface area contributed by atoms with Crippen LogP contribution < -0.4 is 14.8 Å². The summed E-state index contributed by atoms with van der Waals surface area (Å²) in [5, 5.41) is 2.84. The van der Waals surface area contributed by atoms with E-state index in [1.54, 1.807) is 0 Å². The fraction of sp³-hybridized carbons (Fsp3) is 0.263. The van der Waals surface area contributed by atoms with Gasteiger partial charge in [0.25, 0.3) is 5.91 Å². The van der Waals surface area contributed by atoms with Crippen LogP contribution in [-0.4, -0.2) is 32.7 Å². The van der Waals surface area contributed by atoms with Crippen molar-refractivity contribution < 1.29 is 23.8 Å². The number of anilines is 1. The number of methoxy groups -OCH3 is 2. The number of nitrogens with one attached hydrogen (secondary N) is 1. The van der Waals surface area contributed by atoms with Crippen molar-refractivity contribution in [2.75, 3.05) is 26.1 Å². The zero-order valence-electron chi connectivity index (χ0n) is 15.0. The van der Waals surface area contributed by atoms with Crippen molar-refractivity contribution in [1.29, 1.82) is 0 Å². The number of rotatable bonds is 6. The summed E-state index contributed by atoms with van der Waals surface area (Å²) < 4.78 is 15.5. The first-order chi connectivity index (χ1) is 12.4. The van der Waals surface area contributed by atoms with E-state index in [0.29, 0.717) is 11.4 Å². The summed E-state index contributed by atoms with van der Waals surface area (Å²) in [6, 6.07) is 8.59. The Kier molecular flexibility index (Phi) is 6.46. The Morgan fingerprint density at radius 2 is 1.77 bits per heavy atom. The van der Waals surface area contributed by atoms with E-state index >= 15 is 0 Å². The minimum Gasteiger partial charge on any atom is -0.496 e. The second-order valence-electron chi connectivity index (χ2n) is 5.58. The summed E-state index contributed by atoms with van der Waals surface area (Å²) in [7, 11) is 2.67. The Labute approximate surface area is 157 Å². The normalized spacial score (nSPS) is 10.2. The molecule has 0 unspecified atom stereocenters. The number of carbonyl (C=O) groups excluding carboxylic acids is 2. The maximum absolute atomic E-state index is 12.2. The summed E-state index contributed by atoms with van der Waals surface area (Å²) in [5.74, 6) is -0.0537. The molecule has 1 amide bonds. The van der Waals surface area contributed by atoms with Crippen LogP contribution in [0.2, 0.25) is 5.02 Å². The molecule has 0 aliphatic rings. The minimum absolute atomic E-state index is 0.171. The van der Waals surface area contributed by atoms with Gasteiger partial charge in [-0.3, -0.25) is 4.79 Å². The molecule has 0 spiro atoms. The van der Waals surface area contributed by atoms with Crippen LogP contribution in [0.25, 0.3) is 0 Å². The number of esters is 1. The molecular weight excluding hydrogens is 358 g/mol. The first kappa shape index (κ1) is 19.6. The number of benzene rings is 2. The van der Waals surface area contributed by atoms with Crippen LogP contribution in [0.3, 0.4) is 0 Å². The number of carbonyl (C=O) groups is 2. The summed E-state index contributed by atoms with van der Waals surface area (Å²) >= 11 is 6.15. The molecule has 26 heavy (non-hydrogen) atoms. The van der Waals surface area contributed by atoms with Gasteiger partial charge in [-0.1, -0.05) is 29.8 Å². The molecule has 0 heterocycles. The van der Waals surface area contributed by atoms with Gasteiger partial charge in [-0.05, 0) is 31.0 Å². The van der Waals surface area contributed by atoms with Gasteiger partial charge in [0.15, 0.2) is 6.61 Å². The Balaban J connectivity index is 2.12. The topological polar surface area (TPSA) is 73.9 Å². The van der Waals surface area contributed by atoms with Gasteiger partial charge in [0, 0.05) is 6.07 Å². The van der Waals surface area contributed by atoms with E-state index in [4.69, 9.17) is 21.1 Å². The molecule has 0 aromatic heterocycles. The zero-order valence-corrected chi connectivity index (χ0v) is 15.8. The van der Waals surface area contributed by atoms with Gasteiger partial charge in [0.05, 0.1) is 24.9 Å². The Morgan fingerprint density at radius 1 is 1.12 bits per heavy atom. The number of aryl methyl sites for hydroxylation is 2. The van der Waals surface area contributed by atoms with Crippen molar-refractivity contribution in [3.8, 4) is 11.5 Å². The largest absolute Gasteiger partial charge is 0.496 e. The van der Waals surface area contributed by atoms with Crippen LogP contribution in [0.5, 0.6) is 11.5 Å². The van der Waals surface area contributed by atoms with Crippen molar-refractivity contribution in [3.63, 3.8) is 0 Å². The zero-order chi connectivity index (χ0) is 19.3. The predicted octanol–water partition coefficient (Wildman–Crippen LogP) is 3.77. The molecule has 2 rings (SSSR count). The number of amides is 1. The van der Waals surface area contributed by atoms with Crippen molar-refractivity contribution in [2.24, 2.45) is 0 Å². The highest BCUT2D eigenvalue weighted by Crippen LogP contribution is 2.31. The number of hydrogen-bond acceptors (Lipinski definition) is 5. The van der Waals surface area contributed by atoms with Crippen LogP contribution in [0.1, 0.15) is 21.5 Å². The molecule has 2 aromatic carbocycles. The molecule has 1 N–H and O–H groups in total. The Morgan fingerprint density at radius 3 is 2.35 bits per heavy atom. The SMILES string of the molecule is COC(=O)c1cc(Cl)c(NC(=O)COc2c(C)cccc2C)cc1OC. The number of halogens is 1. The highest BCUT2D eigenvalue weighted by Gasteiger charge is 2.18. The van der Waals surface area contributed by atoms with E-state index in [-0.39, 0.29) is 28.8 Å². The van der Waals surface area contributed by atoms with Crippen LogP contribution in [0.15, 0.2) is 30.3 Å². The fourth-order valence-electron chi connectivity index (χ4n) is 2.44. The van der Waals surface area contributed by atoms with Crippen molar-refractivity contribution in [2.45, 2.75) is 13.8 Å². The predicted molar refractivity (Wildman–Crippen MR) is 99.4 cm³/mol. The van der Waals surface area contributed by atoms with Crippen LogP contribution in [0.4, 0.5) is 5.69 Å². The van der Waals surface area contributed by atoms with E-state index in [1.807, 2.05) is 32.0 Å². The molecule has 0 saturated carbocycles. The van der Waals surface area contributed by atoms with Gasteiger partial charge >= 0.3 is 5.97 Å². The molecule has 0 saturated heterocycles. The lowest BCUT2D eigenvalue weighted by molar-refractivity contribution is -0.118. The molecule has 138 valence electrons. The highest BCUT2D eigenvalue weighted by atomic mass is 35.5. The summed E-state index contributed by atoms with van der Waals surface area (Å²) in [5.41, 5.74) is 2.37. The molecule has 0 bridgehead atoms. The Hall–Kier alpha value is -2.73. The molecule has 2 aromatic rings. The molecule has 0 atom stereocenters. The first-order valence-corrected chi connectivity index (χ1v) is 8.20. The van der Waals surface area contributed by atoms with E-state index in [9.17, 15) is 9.59 Å². The van der Waals surface area contributed by atoms with Crippen molar-refractivity contribution in [3.05, 3.63) is 52.0 Å².